The van der Waals surface area contributed by atoms with Gasteiger partial charge in [0.05, 0.1) is 16.7 Å². The number of nitrogens with one attached hydrogen (secondary N) is 1. The molecule has 1 amide bonds. The Morgan fingerprint density at radius 2 is 2.04 bits per heavy atom. The molecule has 6 heteroatoms. The second kappa shape index (κ2) is 5.70. The van der Waals surface area contributed by atoms with Crippen molar-refractivity contribution in [2.24, 2.45) is 5.41 Å². The highest BCUT2D eigenvalue weighted by molar-refractivity contribution is 6.00. The predicted molar refractivity (Wildman–Crippen MR) is 89.5 cm³/mol. The fraction of sp³-hybridized carbons (Fsp3) is 0.500. The summed E-state index contributed by atoms with van der Waals surface area (Å²) >= 11 is 0. The molecular weight excluding hydrogens is 306 g/mol. The molecule has 0 spiro atoms. The van der Waals surface area contributed by atoms with Crippen LogP contribution in [0.1, 0.15) is 43.4 Å². The number of aromatic nitrogens is 2. The van der Waals surface area contributed by atoms with Gasteiger partial charge in [0.2, 0.25) is 0 Å². The van der Waals surface area contributed by atoms with Crippen molar-refractivity contribution in [1.82, 2.24) is 15.5 Å². The number of rotatable bonds is 4. The molecule has 128 valence electrons. The van der Waals surface area contributed by atoms with Gasteiger partial charge in [-0.25, -0.2) is 0 Å². The fourth-order valence-corrected chi connectivity index (χ4v) is 3.23. The first-order valence-electron chi connectivity index (χ1n) is 8.04. The number of carbonyl (C=O) groups is 1. The van der Waals surface area contributed by atoms with Gasteiger partial charge < -0.3 is 14.6 Å². The molecule has 1 fully saturated rings. The van der Waals surface area contributed by atoms with Crippen LogP contribution < -0.4 is 5.32 Å². The van der Waals surface area contributed by atoms with Crippen LogP contribution >= 0.6 is 0 Å². The number of methoxy groups -OCH3 is 1. The van der Waals surface area contributed by atoms with E-state index in [1.54, 1.807) is 20.1 Å². The van der Waals surface area contributed by atoms with Gasteiger partial charge in [0, 0.05) is 18.6 Å². The van der Waals surface area contributed by atoms with Crippen LogP contribution in [0.2, 0.25) is 0 Å². The Balaban J connectivity index is 1.83. The third-order valence-corrected chi connectivity index (χ3v) is 5.51. The molecule has 3 rings (SSSR count). The largest absolute Gasteiger partial charge is 0.378 e. The van der Waals surface area contributed by atoms with Gasteiger partial charge in [0.25, 0.3) is 11.8 Å². The average Bonchev–Trinajstić information content (AvgIpc) is 3.00. The lowest BCUT2D eigenvalue weighted by Crippen LogP contribution is -2.68. The highest BCUT2D eigenvalue weighted by Crippen LogP contribution is 2.51. The molecule has 2 atom stereocenters. The quantitative estimate of drug-likeness (QED) is 0.933. The van der Waals surface area contributed by atoms with Crippen molar-refractivity contribution < 1.29 is 14.1 Å². The first-order valence-corrected chi connectivity index (χ1v) is 8.04. The summed E-state index contributed by atoms with van der Waals surface area (Å²) in [5, 5.41) is 6.92. The minimum absolute atomic E-state index is 0.0485. The zero-order valence-corrected chi connectivity index (χ0v) is 14.7. The Labute approximate surface area is 141 Å². The SMILES string of the molecule is CO[C@@]1(C)C[C@H](NC(=O)c2ccccc2-c2nc(C)no2)C1(C)C. The molecular formula is C18H23N3O3. The fourth-order valence-electron chi connectivity index (χ4n) is 3.23. The lowest BCUT2D eigenvalue weighted by molar-refractivity contribution is -0.177. The molecule has 0 unspecified atom stereocenters. The van der Waals surface area contributed by atoms with Crippen molar-refractivity contribution >= 4 is 5.91 Å². The van der Waals surface area contributed by atoms with Crippen LogP contribution in [0.15, 0.2) is 28.8 Å². The number of ether oxygens (including phenoxy) is 1. The van der Waals surface area contributed by atoms with Gasteiger partial charge in [0.15, 0.2) is 5.82 Å². The van der Waals surface area contributed by atoms with E-state index < -0.39 is 0 Å². The van der Waals surface area contributed by atoms with Crippen molar-refractivity contribution in [1.29, 1.82) is 0 Å². The van der Waals surface area contributed by atoms with Gasteiger partial charge in [-0.1, -0.05) is 31.1 Å². The van der Waals surface area contributed by atoms with Gasteiger partial charge in [0.1, 0.15) is 0 Å². The number of nitrogens with zero attached hydrogens (tertiary/aromatic N) is 2. The lowest BCUT2D eigenvalue weighted by atomic mass is 9.56. The Morgan fingerprint density at radius 3 is 2.62 bits per heavy atom. The Bertz CT molecular complexity index is 768. The van der Waals surface area contributed by atoms with Crippen molar-refractivity contribution in [3.05, 3.63) is 35.7 Å². The summed E-state index contributed by atoms with van der Waals surface area (Å²) in [7, 11) is 1.72. The zero-order chi connectivity index (χ0) is 17.5. The molecule has 1 aliphatic rings. The molecule has 1 N–H and O–H groups in total. The summed E-state index contributed by atoms with van der Waals surface area (Å²) in [5.74, 6) is 0.752. The molecule has 1 aliphatic carbocycles. The van der Waals surface area contributed by atoms with Gasteiger partial charge in [-0.15, -0.1) is 0 Å². The maximum Gasteiger partial charge on any atom is 0.258 e. The number of aryl methyl sites for hydroxylation is 1. The van der Waals surface area contributed by atoms with Gasteiger partial charge >= 0.3 is 0 Å². The van der Waals surface area contributed by atoms with Crippen LogP contribution in [-0.2, 0) is 4.74 Å². The van der Waals surface area contributed by atoms with Crippen LogP contribution in [0, 0.1) is 12.3 Å². The molecule has 2 aromatic rings. The number of hydrogen-bond donors (Lipinski definition) is 1. The van der Waals surface area contributed by atoms with E-state index in [0.717, 1.165) is 6.42 Å². The predicted octanol–water partition coefficient (Wildman–Crippen LogP) is 2.98. The topological polar surface area (TPSA) is 77.2 Å². The highest BCUT2D eigenvalue weighted by Gasteiger charge is 2.58. The van der Waals surface area contributed by atoms with Crippen molar-refractivity contribution in [3.8, 4) is 11.5 Å². The molecule has 1 heterocycles. The van der Waals surface area contributed by atoms with Crippen LogP contribution in [0.3, 0.4) is 0 Å². The summed E-state index contributed by atoms with van der Waals surface area (Å²) in [6.45, 7) is 8.04. The average molecular weight is 329 g/mol. The van der Waals surface area contributed by atoms with E-state index in [2.05, 4.69) is 36.2 Å². The maximum atomic E-state index is 12.8. The molecule has 24 heavy (non-hydrogen) atoms. The molecule has 1 saturated carbocycles. The minimum Gasteiger partial charge on any atom is -0.378 e. The highest BCUT2D eigenvalue weighted by atomic mass is 16.5. The van der Waals surface area contributed by atoms with E-state index in [1.165, 1.54) is 0 Å². The van der Waals surface area contributed by atoms with Crippen molar-refractivity contribution in [3.63, 3.8) is 0 Å². The standard InChI is InChI=1S/C18H23N3O3/c1-11-19-16(24-21-11)13-9-7-6-8-12(13)15(22)20-14-10-18(4,23-5)17(14,2)3/h6-9,14H,10H2,1-5H3,(H,20,22)/t14-,18-/m0/s1. The molecule has 0 radical (unpaired) electrons. The second-order valence-corrected chi connectivity index (χ2v) is 7.08. The molecule has 0 saturated heterocycles. The smallest absolute Gasteiger partial charge is 0.258 e. The van der Waals surface area contributed by atoms with E-state index in [0.29, 0.717) is 22.8 Å². The van der Waals surface area contributed by atoms with Gasteiger partial charge in [-0.05, 0) is 32.4 Å². The van der Waals surface area contributed by atoms with Crippen molar-refractivity contribution in [2.75, 3.05) is 7.11 Å². The van der Waals surface area contributed by atoms with Crippen molar-refractivity contribution in [2.45, 2.75) is 45.8 Å². The van der Waals surface area contributed by atoms with E-state index in [1.807, 2.05) is 18.2 Å². The normalized spacial score (nSPS) is 25.1. The van der Waals surface area contributed by atoms with E-state index in [4.69, 9.17) is 9.26 Å². The minimum atomic E-state index is -0.228. The van der Waals surface area contributed by atoms with Crippen LogP contribution in [0.25, 0.3) is 11.5 Å². The number of benzene rings is 1. The summed E-state index contributed by atoms with van der Waals surface area (Å²) in [6.07, 6.45) is 0.782. The molecule has 0 aliphatic heterocycles. The first kappa shape index (κ1) is 16.6. The number of hydrogen-bond acceptors (Lipinski definition) is 5. The maximum absolute atomic E-state index is 12.8. The number of amides is 1. The van der Waals surface area contributed by atoms with Gasteiger partial charge in [-0.2, -0.15) is 4.98 Å². The third-order valence-electron chi connectivity index (χ3n) is 5.51. The number of carbonyl (C=O) groups excluding carboxylic acids is 1. The van der Waals surface area contributed by atoms with Crippen LogP contribution in [0.5, 0.6) is 0 Å². The van der Waals surface area contributed by atoms with Gasteiger partial charge in [-0.3, -0.25) is 4.79 Å². The summed E-state index contributed by atoms with van der Waals surface area (Å²) in [4.78, 5) is 17.0. The molecule has 1 aromatic heterocycles. The Kier molecular flexibility index (Phi) is 3.95. The van der Waals surface area contributed by atoms with E-state index in [-0.39, 0.29) is 23.0 Å². The van der Waals surface area contributed by atoms with Crippen LogP contribution in [-0.4, -0.2) is 34.8 Å². The molecule has 0 bridgehead atoms. The lowest BCUT2D eigenvalue weighted by Gasteiger charge is -2.59. The Morgan fingerprint density at radius 1 is 1.33 bits per heavy atom. The van der Waals surface area contributed by atoms with E-state index >= 15 is 0 Å². The second-order valence-electron chi connectivity index (χ2n) is 7.08. The molecule has 1 aromatic carbocycles. The Hall–Kier alpha value is -2.21. The molecule has 6 nitrogen and oxygen atoms in total. The summed E-state index contributed by atoms with van der Waals surface area (Å²) in [5.41, 5.74) is 0.798. The van der Waals surface area contributed by atoms with E-state index in [9.17, 15) is 4.79 Å². The monoisotopic (exact) mass is 329 g/mol. The first-order chi connectivity index (χ1) is 11.3. The zero-order valence-electron chi connectivity index (χ0n) is 14.7. The summed E-state index contributed by atoms with van der Waals surface area (Å²) in [6, 6.07) is 7.30. The summed E-state index contributed by atoms with van der Waals surface area (Å²) < 4.78 is 10.8. The van der Waals surface area contributed by atoms with Crippen LogP contribution in [0.4, 0.5) is 0 Å². The third kappa shape index (κ3) is 2.51.